The van der Waals surface area contributed by atoms with Crippen LogP contribution in [0.25, 0.3) is 38.2 Å². The van der Waals surface area contributed by atoms with Crippen LogP contribution in [0.2, 0.25) is 26.2 Å². The van der Waals surface area contributed by atoms with Crippen molar-refractivity contribution in [3.05, 3.63) is 121 Å². The van der Waals surface area contributed by atoms with Gasteiger partial charge in [-0.15, -0.1) is 0 Å². The first-order chi connectivity index (χ1) is 47.5. The van der Waals surface area contributed by atoms with Gasteiger partial charge in [0.05, 0.1) is 18.3 Å². The van der Waals surface area contributed by atoms with Crippen LogP contribution in [-0.2, 0) is 91.0 Å². The van der Waals surface area contributed by atoms with E-state index in [2.05, 4.69) is 91.7 Å². The molecule has 0 saturated carbocycles. The number of hydrogen-bond donors (Lipinski definition) is 10. The third-order valence-corrected chi connectivity index (χ3v) is 13.9. The average Bonchev–Trinajstić information content (AvgIpc) is 1.63. The first kappa shape index (κ1) is 90.8. The number of H-pyrrole nitrogens is 3. The summed E-state index contributed by atoms with van der Waals surface area (Å²) >= 11 is 5.39. The van der Waals surface area contributed by atoms with E-state index in [9.17, 15) is 57.5 Å². The van der Waals surface area contributed by atoms with E-state index in [0.717, 1.165) is 62.0 Å². The number of carbonyl (C=O) groups is 12. The Morgan fingerprint density at radius 3 is 1.03 bits per heavy atom. The number of esters is 3. The number of rotatable bonds is 32. The number of aromatic amines is 3. The van der Waals surface area contributed by atoms with Crippen LogP contribution in [0.5, 0.6) is 0 Å². The van der Waals surface area contributed by atoms with E-state index < -0.39 is 121 Å². The normalized spacial score (nSPS) is 12.4. The predicted molar refractivity (Wildman–Crippen MR) is 389 cm³/mol. The number of nitrogens with one attached hydrogen (secondary N) is 9. The minimum atomic E-state index is -1.13. The van der Waals surface area contributed by atoms with Crippen LogP contribution in [0.1, 0.15) is 137 Å². The number of amides is 6. The Labute approximate surface area is 614 Å². The van der Waals surface area contributed by atoms with Crippen molar-refractivity contribution in [1.82, 2.24) is 46.9 Å². The summed E-state index contributed by atoms with van der Waals surface area (Å²) in [6.07, 6.45) is 6.96. The molecule has 0 saturated heterocycles. The number of para-hydroxylation sites is 3. The number of benzene rings is 3. The quantitative estimate of drug-likeness (QED) is 0.00359. The Hall–Kier alpha value is -9.20. The van der Waals surface area contributed by atoms with Gasteiger partial charge in [0, 0.05) is 119 Å². The van der Waals surface area contributed by atoms with Crippen LogP contribution in [0, 0.1) is 6.92 Å². The summed E-state index contributed by atoms with van der Waals surface area (Å²) in [4.78, 5) is 157. The number of ether oxygens (including phenoxy) is 3. The van der Waals surface area contributed by atoms with E-state index in [1.54, 1.807) is 60.1 Å². The molecule has 10 N–H and O–H groups in total. The monoisotopic (exact) mass is 1450 g/mol. The number of fused-ring (bicyclic) bond motifs is 3. The van der Waals surface area contributed by atoms with Crippen molar-refractivity contribution < 1.29 is 101 Å². The Kier molecular flexibility index (Phi) is 41.9. The smallest absolute Gasteiger partial charge is 0.481 e. The van der Waals surface area contributed by atoms with Crippen molar-refractivity contribution in [2.24, 2.45) is 0 Å². The number of carbonyl (C=O) groups excluding carboxylic acids is 11. The van der Waals surface area contributed by atoms with Crippen LogP contribution in [0.4, 0.5) is 0 Å². The zero-order chi connectivity index (χ0) is 76.1. The number of nitrogens with zero attached hydrogens (tertiary/aromatic N) is 2. The van der Waals surface area contributed by atoms with Gasteiger partial charge in [-0.3, -0.25) is 43.2 Å². The molecular weight excluding hydrogens is 1350 g/mol. The van der Waals surface area contributed by atoms with E-state index in [0.29, 0.717) is 0 Å². The molecule has 30 heteroatoms. The molecule has 0 aliphatic carbocycles. The van der Waals surface area contributed by atoms with Gasteiger partial charge in [0.1, 0.15) is 36.3 Å². The number of aromatic nitrogens is 3. The number of ketones is 1. The molecule has 27 nitrogen and oxygen atoms in total. The number of aliphatic carboxylic acids is 1. The van der Waals surface area contributed by atoms with Gasteiger partial charge in [0.2, 0.25) is 46.5 Å². The van der Waals surface area contributed by atoms with Crippen molar-refractivity contribution in [3.63, 3.8) is 0 Å². The fourth-order valence-corrected chi connectivity index (χ4v) is 9.48. The van der Waals surface area contributed by atoms with E-state index in [1.165, 1.54) is 27.2 Å². The second-order valence-corrected chi connectivity index (χ2v) is 32.4. The molecule has 6 aromatic rings. The molecule has 6 atom stereocenters. The summed E-state index contributed by atoms with van der Waals surface area (Å²) in [6, 6.07) is 16.6. The second-order valence-electron chi connectivity index (χ2n) is 26.0. The summed E-state index contributed by atoms with van der Waals surface area (Å²) in [5.74, 6) is -6.59. The molecule has 0 aliphatic heterocycles. The first-order valence-electron chi connectivity index (χ1n) is 33.3. The fraction of sp³-hybridized carbons (Fsp3) is 0.472. The number of carboxylic acid groups (broad SMARTS) is 1. The van der Waals surface area contributed by atoms with Crippen LogP contribution in [-0.4, -0.2) is 164 Å². The topological polar surface area (TPSA) is 409 Å². The molecule has 6 rings (SSSR count). The molecule has 0 radical (unpaired) electrons. The maximum absolute atomic E-state index is 13.0. The maximum Gasteiger partial charge on any atom is 1.00 e. The number of Topliss-reactive ketones (excluding diaryl/α,β-unsaturated/α-hetero) is 1. The van der Waals surface area contributed by atoms with Gasteiger partial charge in [-0.25, -0.2) is 14.4 Å². The number of carboxylic acids is 1. The van der Waals surface area contributed by atoms with Gasteiger partial charge in [-0.05, 0) is 107 Å². The molecule has 6 amide bonds. The Morgan fingerprint density at radius 1 is 0.510 bits per heavy atom. The third-order valence-electron chi connectivity index (χ3n) is 13.7. The standard InChI is InChI=1S/C22H27N5O5.C21H26ClN3O5.C21H27N3O6.C4H12Si.C4H9.Li/c1-13(2)32-22(31)19(9-8-16(29)12-25-23)27-21(30)20(26-14(3)28)10-15-11-24-18-7-5-4-6-17(15)18;1-12(2)30-21(29)17(8-9-19(22)27)25-20(28)18(24-13(3)26)10-14-11-23-16-7-5-4-6-15(14)16;1-12(2)30-21(29)17(8-9-19(26)27)24-20(28)18(23-13(3)25)10-14-11-22-16-7-5-4-6-15(14)16;1-5(2,3)4;1-3-4-2;/h4-7,11-13,19-20,24H,8-10H2,1-3H3,(H,26,28)(H,27,30);4-7,11-12,17-18,23H,8-10H2,1-3H3,(H,24,26)(H,25,28);4-7,11-12,17-18,22H,8-10H2,1-3H3,(H,23,25)(H,24,28)(H,26,27);1-4H3;1,3-4H2,2H3;/q;;;;-1;+1. The van der Waals surface area contributed by atoms with Crippen molar-refractivity contribution in [3.8, 4) is 0 Å². The predicted octanol–water partition coefficient (Wildman–Crippen LogP) is 5.59. The molecule has 0 bridgehead atoms. The van der Waals surface area contributed by atoms with Crippen LogP contribution >= 0.6 is 11.6 Å². The summed E-state index contributed by atoms with van der Waals surface area (Å²) in [5.41, 5.74) is 13.7. The van der Waals surface area contributed by atoms with Gasteiger partial charge in [0.15, 0.2) is 0 Å². The summed E-state index contributed by atoms with van der Waals surface area (Å²) < 4.78 is 15.5. The summed E-state index contributed by atoms with van der Waals surface area (Å²) in [5, 5.41) is 26.6. The van der Waals surface area contributed by atoms with E-state index in [-0.39, 0.29) is 88.7 Å². The largest absolute Gasteiger partial charge is 1.00 e. The maximum atomic E-state index is 13.0. The molecule has 3 heterocycles. The van der Waals surface area contributed by atoms with Crippen molar-refractivity contribution in [2.45, 2.75) is 221 Å². The van der Waals surface area contributed by atoms with Crippen molar-refractivity contribution in [1.29, 1.82) is 0 Å². The molecule has 0 spiro atoms. The van der Waals surface area contributed by atoms with Gasteiger partial charge in [-0.1, -0.05) is 94.1 Å². The van der Waals surface area contributed by atoms with Crippen molar-refractivity contribution >= 4 is 129 Å². The Bertz CT molecular complexity index is 3620. The minimum Gasteiger partial charge on any atom is -0.481 e. The van der Waals surface area contributed by atoms with Gasteiger partial charge in [0.25, 0.3) is 0 Å². The molecule has 3 aromatic carbocycles. The summed E-state index contributed by atoms with van der Waals surface area (Å²) in [6.45, 7) is 28.9. The molecule has 3 aromatic heterocycles. The van der Waals surface area contributed by atoms with Crippen LogP contribution < -0.4 is 50.8 Å². The number of halogens is 1. The molecule has 0 aliphatic rings. The number of unbranched alkanes of at least 4 members (excludes halogenated alkanes) is 1. The van der Waals surface area contributed by atoms with Gasteiger partial charge >= 0.3 is 49.0 Å². The third kappa shape index (κ3) is 36.4. The molecule has 6 unspecified atom stereocenters. The van der Waals surface area contributed by atoms with E-state index in [4.69, 9.17) is 36.4 Å². The first-order valence-corrected chi connectivity index (χ1v) is 37.7. The SMILES string of the molecule is CC(=O)NC(Cc1c[nH]c2ccccc12)C(=O)NC(CCC(=O)C=[N+]=[N-])C(=O)OC(C)C.CC(=O)NC(Cc1c[nH]c2ccccc12)C(=O)NC(CCC(=O)Cl)C(=O)OC(C)C.CC(=O)NC(Cc1c[nH]c2ccccc12)C(=O)NC(CCC(=O)O)C(=O)OC(C)C.C[Si](C)(C)C.[CH2-]CCC.[Li+]. The van der Waals surface area contributed by atoms with E-state index in [1.807, 2.05) is 72.8 Å². The van der Waals surface area contributed by atoms with E-state index >= 15 is 0 Å². The van der Waals surface area contributed by atoms with Crippen LogP contribution in [0.15, 0.2) is 91.4 Å². The molecule has 102 heavy (non-hydrogen) atoms. The van der Waals surface area contributed by atoms with Gasteiger partial charge < -0.3 is 78.6 Å². The molecular formula is C72H101ClLiN11O16Si. The summed E-state index contributed by atoms with van der Waals surface area (Å²) in [7, 11) is -0.611. The van der Waals surface area contributed by atoms with Crippen molar-refractivity contribution in [2.75, 3.05) is 0 Å². The molecule has 0 fully saturated rings. The Morgan fingerprint density at radius 2 is 0.784 bits per heavy atom. The van der Waals surface area contributed by atoms with Gasteiger partial charge in [-0.2, -0.15) is 11.2 Å². The number of hydrogen-bond acceptors (Lipinski definition) is 15. The minimum absolute atomic E-state index is 0. The Balaban J connectivity index is 0.000000716. The average molecular weight is 1450 g/mol. The zero-order valence-corrected chi connectivity index (χ0v) is 63.0. The molecule has 552 valence electrons. The fourth-order valence-electron chi connectivity index (χ4n) is 9.37. The zero-order valence-electron chi connectivity index (χ0n) is 61.3. The second kappa shape index (κ2) is 47.1. The van der Waals surface area contributed by atoms with Crippen LogP contribution in [0.3, 0.4) is 0 Å².